The monoisotopic (exact) mass is 434 g/mol. The number of hydrogen-bond acceptors (Lipinski definition) is 5. The second-order valence-corrected chi connectivity index (χ2v) is 8.10. The summed E-state index contributed by atoms with van der Waals surface area (Å²) in [6.45, 7) is 6.55. The second kappa shape index (κ2) is 8.64. The second-order valence-electron chi connectivity index (χ2n) is 8.10. The molecule has 1 N–H and O–H groups in total. The number of rotatable bonds is 6. The van der Waals surface area contributed by atoms with E-state index in [1.165, 1.54) is 5.01 Å². The fraction of sp³-hybridized carbons (Fsp3) is 0.333. The van der Waals surface area contributed by atoms with Gasteiger partial charge in [-0.2, -0.15) is 5.10 Å². The van der Waals surface area contributed by atoms with Crippen LogP contribution in [-0.4, -0.2) is 40.0 Å². The Balaban J connectivity index is 1.59. The molecule has 4 rings (SSSR count). The highest BCUT2D eigenvalue weighted by atomic mass is 16.5. The van der Waals surface area contributed by atoms with Crippen molar-refractivity contribution in [1.82, 2.24) is 25.4 Å². The first kappa shape index (κ1) is 21.9. The van der Waals surface area contributed by atoms with Gasteiger partial charge >= 0.3 is 6.03 Å². The number of aryl methyl sites for hydroxylation is 4. The number of amides is 2. The van der Waals surface area contributed by atoms with Crippen LogP contribution in [0.4, 0.5) is 10.5 Å². The van der Waals surface area contributed by atoms with Crippen molar-refractivity contribution < 1.29 is 9.53 Å². The Kier molecular flexibility index (Phi) is 5.90. The van der Waals surface area contributed by atoms with Gasteiger partial charge < -0.3 is 4.74 Å². The first-order valence-corrected chi connectivity index (χ1v) is 10.7. The van der Waals surface area contributed by atoms with Crippen LogP contribution in [0.25, 0.3) is 11.3 Å². The van der Waals surface area contributed by atoms with Gasteiger partial charge in [0.2, 0.25) is 0 Å². The van der Waals surface area contributed by atoms with E-state index in [1.807, 2.05) is 49.8 Å². The van der Waals surface area contributed by atoms with Crippen molar-refractivity contribution in [2.24, 2.45) is 7.05 Å². The molecular formula is C24H30N6O2. The smallest absolute Gasteiger partial charge is 0.355 e. The molecule has 8 heteroatoms. The standard InChI is InChI=1S/C24H30N6O2/c1-7-18-9-8-10-22(30-24(31)28(5)29(6)26-30)20(18)15-32-23-12-11-19(13-16(23)2)21-14-17(3)27(4)25-21/h8-14,26H,7,15H2,1-6H3. The molecule has 2 amide bonds. The third-order valence-corrected chi connectivity index (χ3v) is 5.99. The summed E-state index contributed by atoms with van der Waals surface area (Å²) in [6, 6.07) is 14.0. The fourth-order valence-electron chi connectivity index (χ4n) is 3.84. The Morgan fingerprint density at radius 1 is 1.06 bits per heavy atom. The van der Waals surface area contributed by atoms with Crippen molar-refractivity contribution in [3.8, 4) is 17.0 Å². The van der Waals surface area contributed by atoms with Gasteiger partial charge in [-0.1, -0.05) is 19.1 Å². The van der Waals surface area contributed by atoms with Crippen molar-refractivity contribution in [2.75, 3.05) is 19.1 Å². The van der Waals surface area contributed by atoms with Crippen molar-refractivity contribution in [3.63, 3.8) is 0 Å². The minimum absolute atomic E-state index is 0.145. The van der Waals surface area contributed by atoms with Gasteiger partial charge in [-0.05, 0) is 61.7 Å². The maximum absolute atomic E-state index is 12.7. The minimum atomic E-state index is -0.145. The van der Waals surface area contributed by atoms with E-state index in [2.05, 4.69) is 35.8 Å². The number of aromatic nitrogens is 2. The van der Waals surface area contributed by atoms with E-state index in [-0.39, 0.29) is 6.03 Å². The highest BCUT2D eigenvalue weighted by molar-refractivity contribution is 5.93. The van der Waals surface area contributed by atoms with Crippen LogP contribution in [0.15, 0.2) is 42.5 Å². The van der Waals surface area contributed by atoms with E-state index >= 15 is 0 Å². The molecule has 1 fully saturated rings. The SMILES string of the molecule is CCc1cccc(N2NN(C)N(C)C2=O)c1COc1ccc(-c2cc(C)n(C)n2)cc1C. The van der Waals surface area contributed by atoms with Crippen molar-refractivity contribution in [3.05, 3.63) is 64.8 Å². The highest BCUT2D eigenvalue weighted by Gasteiger charge is 2.33. The summed E-state index contributed by atoms with van der Waals surface area (Å²) < 4.78 is 8.13. The van der Waals surface area contributed by atoms with Crippen LogP contribution < -0.4 is 15.3 Å². The van der Waals surface area contributed by atoms with E-state index in [4.69, 9.17) is 4.74 Å². The number of carbonyl (C=O) groups is 1. The van der Waals surface area contributed by atoms with E-state index in [0.717, 1.165) is 51.5 Å². The van der Waals surface area contributed by atoms with Gasteiger partial charge in [0, 0.05) is 38.0 Å². The Labute approximate surface area is 188 Å². The molecule has 2 aromatic carbocycles. The average Bonchev–Trinajstić information content (AvgIpc) is 3.25. The first-order chi connectivity index (χ1) is 15.3. The summed E-state index contributed by atoms with van der Waals surface area (Å²) in [5.41, 5.74) is 10.2. The third kappa shape index (κ3) is 3.94. The number of hydrogen-bond donors (Lipinski definition) is 1. The summed E-state index contributed by atoms with van der Waals surface area (Å²) in [5, 5.41) is 9.28. The Bertz CT molecular complexity index is 1140. The summed E-state index contributed by atoms with van der Waals surface area (Å²) in [5.74, 6) is 0.813. The van der Waals surface area contributed by atoms with Crippen LogP contribution in [-0.2, 0) is 20.1 Å². The van der Waals surface area contributed by atoms with E-state index in [9.17, 15) is 4.79 Å². The number of urea groups is 1. The normalized spacial score (nSPS) is 14.5. The molecular weight excluding hydrogens is 404 g/mol. The molecule has 8 nitrogen and oxygen atoms in total. The van der Waals surface area contributed by atoms with Gasteiger partial charge in [0.15, 0.2) is 0 Å². The van der Waals surface area contributed by atoms with Gasteiger partial charge in [-0.15, -0.1) is 10.7 Å². The molecule has 0 radical (unpaired) electrons. The van der Waals surface area contributed by atoms with E-state index in [0.29, 0.717) is 6.61 Å². The molecule has 0 unspecified atom stereocenters. The topological polar surface area (TPSA) is 65.9 Å². The molecule has 2 heterocycles. The minimum Gasteiger partial charge on any atom is -0.489 e. The molecule has 0 saturated carbocycles. The van der Waals surface area contributed by atoms with Crippen LogP contribution in [0.1, 0.15) is 29.3 Å². The molecule has 1 aliphatic rings. The molecule has 0 bridgehead atoms. The van der Waals surface area contributed by atoms with Crippen LogP contribution in [0.5, 0.6) is 5.75 Å². The molecule has 1 saturated heterocycles. The number of carbonyl (C=O) groups excluding carboxylic acids is 1. The summed E-state index contributed by atoms with van der Waals surface area (Å²) in [4.78, 5) is 12.7. The molecule has 32 heavy (non-hydrogen) atoms. The number of nitrogens with zero attached hydrogens (tertiary/aromatic N) is 5. The van der Waals surface area contributed by atoms with Gasteiger partial charge in [0.1, 0.15) is 12.4 Å². The fourth-order valence-corrected chi connectivity index (χ4v) is 3.84. The van der Waals surface area contributed by atoms with Crippen LogP contribution >= 0.6 is 0 Å². The largest absolute Gasteiger partial charge is 0.489 e. The lowest BCUT2D eigenvalue weighted by Gasteiger charge is -2.21. The number of ether oxygens (including phenoxy) is 1. The average molecular weight is 435 g/mol. The van der Waals surface area contributed by atoms with Gasteiger partial charge in [0.05, 0.1) is 11.4 Å². The van der Waals surface area contributed by atoms with Gasteiger partial charge in [-0.3, -0.25) is 4.68 Å². The number of hydrazine groups is 3. The third-order valence-electron chi connectivity index (χ3n) is 5.99. The highest BCUT2D eigenvalue weighted by Crippen LogP contribution is 2.30. The van der Waals surface area contributed by atoms with E-state index in [1.54, 1.807) is 24.2 Å². The zero-order valence-corrected chi connectivity index (χ0v) is 19.5. The van der Waals surface area contributed by atoms with Gasteiger partial charge in [0.25, 0.3) is 0 Å². The summed E-state index contributed by atoms with van der Waals surface area (Å²) in [7, 11) is 5.47. The molecule has 0 aliphatic carbocycles. The van der Waals surface area contributed by atoms with Gasteiger partial charge in [-0.25, -0.2) is 14.8 Å². The van der Waals surface area contributed by atoms with Crippen molar-refractivity contribution in [2.45, 2.75) is 33.8 Å². The Morgan fingerprint density at radius 3 is 2.44 bits per heavy atom. The molecule has 0 spiro atoms. The maximum Gasteiger partial charge on any atom is 0.355 e. The van der Waals surface area contributed by atoms with Crippen LogP contribution in [0.3, 0.4) is 0 Å². The summed E-state index contributed by atoms with van der Waals surface area (Å²) in [6.07, 6.45) is 0.844. The van der Waals surface area contributed by atoms with Crippen molar-refractivity contribution in [1.29, 1.82) is 0 Å². The zero-order chi connectivity index (χ0) is 23.0. The van der Waals surface area contributed by atoms with Crippen LogP contribution in [0, 0.1) is 13.8 Å². The van der Waals surface area contributed by atoms with E-state index < -0.39 is 0 Å². The lowest BCUT2D eigenvalue weighted by molar-refractivity contribution is 0.0652. The maximum atomic E-state index is 12.7. The molecule has 1 aliphatic heterocycles. The van der Waals surface area contributed by atoms with Crippen molar-refractivity contribution >= 4 is 11.7 Å². The lowest BCUT2D eigenvalue weighted by atomic mass is 10.0. The summed E-state index contributed by atoms with van der Waals surface area (Å²) >= 11 is 0. The number of benzene rings is 2. The molecule has 3 aromatic rings. The first-order valence-electron chi connectivity index (χ1n) is 10.7. The number of anilines is 1. The quantitative estimate of drug-likeness (QED) is 0.636. The molecule has 1 aromatic heterocycles. The number of nitrogens with one attached hydrogen (secondary N) is 1. The lowest BCUT2D eigenvalue weighted by Crippen LogP contribution is -2.40. The zero-order valence-electron chi connectivity index (χ0n) is 19.5. The predicted molar refractivity (Wildman–Crippen MR) is 125 cm³/mol. The molecule has 168 valence electrons. The van der Waals surface area contributed by atoms with Crippen LogP contribution in [0.2, 0.25) is 0 Å². The predicted octanol–water partition coefficient (Wildman–Crippen LogP) is 3.98. The Morgan fingerprint density at radius 2 is 1.84 bits per heavy atom. The Hall–Kier alpha value is -3.36. The molecule has 0 atom stereocenters.